The lowest BCUT2D eigenvalue weighted by molar-refractivity contribution is 0.474. The molecule has 0 aliphatic carbocycles. The van der Waals surface area contributed by atoms with Crippen LogP contribution >= 0.6 is 11.6 Å². The van der Waals surface area contributed by atoms with Crippen LogP contribution in [0.25, 0.3) is 0 Å². The number of hydrogen-bond acceptors (Lipinski definition) is 2. The van der Waals surface area contributed by atoms with Crippen LogP contribution in [0.1, 0.15) is 29.2 Å². The van der Waals surface area contributed by atoms with Gasteiger partial charge in [0.15, 0.2) is 0 Å². The molecule has 2 aromatic rings. The predicted molar refractivity (Wildman–Crippen MR) is 89.5 cm³/mol. The zero-order valence-electron chi connectivity index (χ0n) is 13.0. The third-order valence-corrected chi connectivity index (χ3v) is 3.72. The fourth-order valence-electron chi connectivity index (χ4n) is 2.48. The van der Waals surface area contributed by atoms with Gasteiger partial charge in [-0.1, -0.05) is 17.7 Å². The summed E-state index contributed by atoms with van der Waals surface area (Å²) in [6.45, 7) is 8.12. The Balaban J connectivity index is 2.27. The van der Waals surface area contributed by atoms with Crippen LogP contribution in [0.2, 0.25) is 5.02 Å². The van der Waals surface area contributed by atoms with Gasteiger partial charge in [0, 0.05) is 11.1 Å². The normalized spacial score (nSPS) is 12.3. The number of aryl methyl sites for hydroxylation is 3. The first kappa shape index (κ1) is 15.9. The number of halogens is 1. The Morgan fingerprint density at radius 3 is 2.19 bits per heavy atom. The lowest BCUT2D eigenvalue weighted by Gasteiger charge is -2.14. The Hall–Kier alpha value is -1.51. The van der Waals surface area contributed by atoms with Crippen molar-refractivity contribution in [1.29, 1.82) is 0 Å². The topological polar surface area (TPSA) is 35.2 Å². The first-order valence-electron chi connectivity index (χ1n) is 7.16. The SMILES string of the molecule is Cc1cc(Oc2c(C)cc(Cl)cc2C)ccc1CC(C)N. The second-order valence-electron chi connectivity index (χ2n) is 5.74. The molecule has 0 aliphatic rings. The summed E-state index contributed by atoms with van der Waals surface area (Å²) in [4.78, 5) is 0. The van der Waals surface area contributed by atoms with Crippen LogP contribution in [0.3, 0.4) is 0 Å². The number of ether oxygens (including phenoxy) is 1. The van der Waals surface area contributed by atoms with Crippen LogP contribution in [0.5, 0.6) is 11.5 Å². The molecule has 0 saturated carbocycles. The molecule has 0 aromatic heterocycles. The monoisotopic (exact) mass is 303 g/mol. The highest BCUT2D eigenvalue weighted by Crippen LogP contribution is 2.32. The van der Waals surface area contributed by atoms with Gasteiger partial charge in [0.05, 0.1) is 0 Å². The van der Waals surface area contributed by atoms with Gasteiger partial charge in [-0.2, -0.15) is 0 Å². The van der Waals surface area contributed by atoms with E-state index in [1.807, 2.05) is 39.0 Å². The molecule has 0 amide bonds. The van der Waals surface area contributed by atoms with Crippen LogP contribution < -0.4 is 10.5 Å². The molecule has 2 nitrogen and oxygen atoms in total. The summed E-state index contributed by atoms with van der Waals surface area (Å²) in [5.41, 5.74) is 10.4. The molecule has 0 radical (unpaired) electrons. The van der Waals surface area contributed by atoms with Crippen molar-refractivity contribution in [1.82, 2.24) is 0 Å². The molecule has 1 atom stereocenters. The van der Waals surface area contributed by atoms with Gasteiger partial charge in [-0.3, -0.25) is 0 Å². The van der Waals surface area contributed by atoms with E-state index in [2.05, 4.69) is 19.1 Å². The molecule has 2 aromatic carbocycles. The van der Waals surface area contributed by atoms with Crippen LogP contribution in [-0.2, 0) is 6.42 Å². The van der Waals surface area contributed by atoms with E-state index in [1.54, 1.807) is 0 Å². The second kappa shape index (κ2) is 6.50. The third-order valence-electron chi connectivity index (χ3n) is 3.50. The maximum Gasteiger partial charge on any atom is 0.133 e. The number of rotatable bonds is 4. The molecule has 0 bridgehead atoms. The van der Waals surface area contributed by atoms with Gasteiger partial charge >= 0.3 is 0 Å². The van der Waals surface area contributed by atoms with E-state index in [0.29, 0.717) is 0 Å². The van der Waals surface area contributed by atoms with Gasteiger partial charge in [0.25, 0.3) is 0 Å². The number of nitrogens with two attached hydrogens (primary N) is 1. The summed E-state index contributed by atoms with van der Waals surface area (Å²) in [6.07, 6.45) is 0.880. The average molecular weight is 304 g/mol. The molecule has 3 heteroatoms. The largest absolute Gasteiger partial charge is 0.457 e. The van der Waals surface area contributed by atoms with Crippen molar-refractivity contribution < 1.29 is 4.74 Å². The Morgan fingerprint density at radius 2 is 1.67 bits per heavy atom. The van der Waals surface area contributed by atoms with Crippen molar-refractivity contribution in [3.8, 4) is 11.5 Å². The van der Waals surface area contributed by atoms with E-state index >= 15 is 0 Å². The van der Waals surface area contributed by atoms with E-state index in [1.165, 1.54) is 11.1 Å². The molecule has 0 spiro atoms. The molecule has 2 N–H and O–H groups in total. The van der Waals surface area contributed by atoms with Crippen LogP contribution in [0.15, 0.2) is 30.3 Å². The van der Waals surface area contributed by atoms with Crippen LogP contribution in [-0.4, -0.2) is 6.04 Å². The van der Waals surface area contributed by atoms with Crippen molar-refractivity contribution in [3.05, 3.63) is 57.6 Å². The summed E-state index contributed by atoms with van der Waals surface area (Å²) >= 11 is 6.05. The summed E-state index contributed by atoms with van der Waals surface area (Å²) in [5.74, 6) is 1.72. The molecule has 112 valence electrons. The second-order valence-corrected chi connectivity index (χ2v) is 6.18. The fourth-order valence-corrected chi connectivity index (χ4v) is 2.81. The fraction of sp³-hybridized carbons (Fsp3) is 0.333. The molecule has 0 fully saturated rings. The Morgan fingerprint density at radius 1 is 1.05 bits per heavy atom. The number of benzene rings is 2. The third kappa shape index (κ3) is 3.99. The maximum atomic E-state index is 6.05. The Bertz CT molecular complexity index is 627. The molecule has 2 rings (SSSR count). The minimum atomic E-state index is 0.163. The van der Waals surface area contributed by atoms with E-state index in [9.17, 15) is 0 Å². The zero-order chi connectivity index (χ0) is 15.6. The summed E-state index contributed by atoms with van der Waals surface area (Å²) in [7, 11) is 0. The Labute approximate surface area is 131 Å². The van der Waals surface area contributed by atoms with E-state index in [-0.39, 0.29) is 6.04 Å². The Kier molecular flexibility index (Phi) is 4.92. The lowest BCUT2D eigenvalue weighted by atomic mass is 10.0. The van der Waals surface area contributed by atoms with Crippen LogP contribution in [0, 0.1) is 20.8 Å². The summed E-state index contributed by atoms with van der Waals surface area (Å²) in [6, 6.07) is 10.1. The van der Waals surface area contributed by atoms with Crippen molar-refractivity contribution in [2.75, 3.05) is 0 Å². The lowest BCUT2D eigenvalue weighted by Crippen LogP contribution is -2.18. The van der Waals surface area contributed by atoms with Crippen molar-refractivity contribution in [3.63, 3.8) is 0 Å². The molecule has 0 aliphatic heterocycles. The van der Waals surface area contributed by atoms with Gasteiger partial charge < -0.3 is 10.5 Å². The molecule has 1 unspecified atom stereocenters. The van der Waals surface area contributed by atoms with Gasteiger partial charge in [-0.25, -0.2) is 0 Å². The predicted octanol–water partition coefficient (Wildman–Crippen LogP) is 4.95. The average Bonchev–Trinajstić information content (AvgIpc) is 2.36. The molecule has 21 heavy (non-hydrogen) atoms. The maximum absolute atomic E-state index is 6.05. The van der Waals surface area contributed by atoms with Crippen molar-refractivity contribution >= 4 is 11.6 Å². The van der Waals surface area contributed by atoms with Gasteiger partial charge in [0.1, 0.15) is 11.5 Å². The first-order chi connectivity index (χ1) is 9.86. The number of hydrogen-bond donors (Lipinski definition) is 1. The summed E-state index contributed by atoms with van der Waals surface area (Å²) in [5, 5.41) is 0.737. The molecular weight excluding hydrogens is 282 g/mol. The molecule has 0 saturated heterocycles. The van der Waals surface area contributed by atoms with Gasteiger partial charge in [-0.05, 0) is 80.6 Å². The standard InChI is InChI=1S/C18H22ClNO/c1-11-9-17(6-5-15(11)10-14(4)20)21-18-12(2)7-16(19)8-13(18)3/h5-9,14H,10,20H2,1-4H3. The smallest absolute Gasteiger partial charge is 0.133 e. The van der Waals surface area contributed by atoms with Gasteiger partial charge in [0.2, 0.25) is 0 Å². The van der Waals surface area contributed by atoms with Crippen molar-refractivity contribution in [2.45, 2.75) is 40.2 Å². The first-order valence-corrected chi connectivity index (χ1v) is 7.54. The van der Waals surface area contributed by atoms with Crippen molar-refractivity contribution in [2.24, 2.45) is 5.73 Å². The van der Waals surface area contributed by atoms with Gasteiger partial charge in [-0.15, -0.1) is 0 Å². The highest BCUT2D eigenvalue weighted by atomic mass is 35.5. The van der Waals surface area contributed by atoms with E-state index in [0.717, 1.165) is 34.1 Å². The summed E-state index contributed by atoms with van der Waals surface area (Å²) < 4.78 is 6.05. The molecular formula is C18H22ClNO. The van der Waals surface area contributed by atoms with E-state index in [4.69, 9.17) is 22.1 Å². The zero-order valence-corrected chi connectivity index (χ0v) is 13.8. The molecule has 0 heterocycles. The quantitative estimate of drug-likeness (QED) is 0.867. The highest BCUT2D eigenvalue weighted by Gasteiger charge is 2.09. The minimum absolute atomic E-state index is 0.163. The van der Waals surface area contributed by atoms with Crippen LogP contribution in [0.4, 0.5) is 0 Å². The minimum Gasteiger partial charge on any atom is -0.457 e. The highest BCUT2D eigenvalue weighted by molar-refractivity contribution is 6.30. The van der Waals surface area contributed by atoms with E-state index < -0.39 is 0 Å².